The highest BCUT2D eigenvalue weighted by Gasteiger charge is 2.35. The molecule has 11 aromatic carbocycles. The predicted molar refractivity (Wildman–Crippen MR) is 284 cm³/mol. The van der Waals surface area contributed by atoms with Crippen molar-refractivity contribution < 1.29 is 0 Å². The smallest absolute Gasteiger partial charge is 0.0541 e. The minimum absolute atomic E-state index is 0.0834. The van der Waals surface area contributed by atoms with Crippen LogP contribution >= 0.6 is 0 Å². The third-order valence-electron chi connectivity index (χ3n) is 14.4. The molecule has 1 aliphatic rings. The van der Waals surface area contributed by atoms with Crippen molar-refractivity contribution >= 4 is 60.4 Å². The van der Waals surface area contributed by atoms with Crippen LogP contribution in [0, 0.1) is 0 Å². The molecule has 0 amide bonds. The summed E-state index contributed by atoms with van der Waals surface area (Å²) < 4.78 is 2.42. The van der Waals surface area contributed by atoms with E-state index in [0.29, 0.717) is 0 Å². The maximum Gasteiger partial charge on any atom is 0.0541 e. The lowest BCUT2D eigenvalue weighted by atomic mass is 9.82. The molecule has 2 heteroatoms. The van der Waals surface area contributed by atoms with Gasteiger partial charge >= 0.3 is 0 Å². The maximum absolute atomic E-state index is 2.42. The Balaban J connectivity index is 0.873. The molecule has 13 rings (SSSR count). The van der Waals surface area contributed by atoms with Crippen LogP contribution in [0.15, 0.2) is 243 Å². The number of fused-ring (bicyclic) bond motifs is 8. The predicted octanol–water partition coefficient (Wildman–Crippen LogP) is 17.9. The largest absolute Gasteiger partial charge is 0.310 e. The van der Waals surface area contributed by atoms with E-state index >= 15 is 0 Å². The summed E-state index contributed by atoms with van der Waals surface area (Å²) in [6.45, 7) is 4.70. The summed E-state index contributed by atoms with van der Waals surface area (Å²) in [5.74, 6) is 0. The quantitative estimate of drug-likeness (QED) is 0.145. The Labute approximate surface area is 391 Å². The number of anilines is 3. The topological polar surface area (TPSA) is 8.17 Å². The van der Waals surface area contributed by atoms with Gasteiger partial charge < -0.3 is 9.47 Å². The van der Waals surface area contributed by atoms with Crippen LogP contribution in [0.3, 0.4) is 0 Å². The minimum Gasteiger partial charge on any atom is -0.310 e. The normalized spacial score (nSPS) is 12.7. The minimum atomic E-state index is -0.0834. The van der Waals surface area contributed by atoms with E-state index in [1.165, 1.54) is 99.0 Å². The number of hydrogen-bond donors (Lipinski definition) is 0. The lowest BCUT2D eigenvalue weighted by molar-refractivity contribution is 0.660. The van der Waals surface area contributed by atoms with E-state index in [1.807, 2.05) is 0 Å². The van der Waals surface area contributed by atoms with Crippen molar-refractivity contribution in [1.82, 2.24) is 4.57 Å². The fourth-order valence-corrected chi connectivity index (χ4v) is 11.2. The van der Waals surface area contributed by atoms with E-state index in [-0.39, 0.29) is 5.41 Å². The zero-order chi connectivity index (χ0) is 44.6. The molecule has 0 radical (unpaired) electrons. The van der Waals surface area contributed by atoms with E-state index in [1.54, 1.807) is 0 Å². The highest BCUT2D eigenvalue weighted by Crippen LogP contribution is 2.51. The molecular weight excluding hydrogens is 809 g/mol. The van der Waals surface area contributed by atoms with Crippen molar-refractivity contribution in [2.75, 3.05) is 4.90 Å². The van der Waals surface area contributed by atoms with Crippen LogP contribution in [0.5, 0.6) is 0 Å². The molecule has 2 nitrogen and oxygen atoms in total. The Bertz CT molecular complexity index is 3800. The van der Waals surface area contributed by atoms with E-state index in [4.69, 9.17) is 0 Å². The molecule has 1 heterocycles. The van der Waals surface area contributed by atoms with E-state index in [2.05, 4.69) is 266 Å². The first-order chi connectivity index (χ1) is 33.0. The number of nitrogens with zero attached hydrogens (tertiary/aromatic N) is 2. The zero-order valence-electron chi connectivity index (χ0n) is 37.5. The Morgan fingerprint density at radius 3 is 1.46 bits per heavy atom. The molecule has 0 spiro atoms. The van der Waals surface area contributed by atoms with Gasteiger partial charge in [0.25, 0.3) is 0 Å². The summed E-state index contributed by atoms with van der Waals surface area (Å²) in [5, 5.41) is 7.53. The Morgan fingerprint density at radius 1 is 0.313 bits per heavy atom. The second-order valence-corrected chi connectivity index (χ2v) is 18.5. The molecule has 0 saturated carbocycles. The third kappa shape index (κ3) is 6.18. The molecule has 0 bridgehead atoms. The molecule has 1 aliphatic carbocycles. The van der Waals surface area contributed by atoms with Crippen LogP contribution in [0.2, 0.25) is 0 Å². The summed E-state index contributed by atoms with van der Waals surface area (Å²) in [6, 6.07) is 89.2. The highest BCUT2D eigenvalue weighted by atomic mass is 15.1. The van der Waals surface area contributed by atoms with Crippen molar-refractivity contribution in [2.24, 2.45) is 0 Å². The molecule has 0 saturated heterocycles. The van der Waals surface area contributed by atoms with Crippen LogP contribution in [0.4, 0.5) is 17.1 Å². The van der Waals surface area contributed by atoms with Crippen LogP contribution in [-0.4, -0.2) is 4.57 Å². The van der Waals surface area contributed by atoms with Gasteiger partial charge in [0.05, 0.1) is 11.0 Å². The lowest BCUT2D eigenvalue weighted by Crippen LogP contribution is -2.16. The molecule has 316 valence electrons. The van der Waals surface area contributed by atoms with Gasteiger partial charge in [-0.3, -0.25) is 0 Å². The lowest BCUT2D eigenvalue weighted by Gasteiger charge is -2.28. The molecule has 1 aromatic heterocycles. The number of rotatable bonds is 7. The molecule has 0 fully saturated rings. The zero-order valence-corrected chi connectivity index (χ0v) is 37.5. The second-order valence-electron chi connectivity index (χ2n) is 18.5. The van der Waals surface area contributed by atoms with Crippen molar-refractivity contribution in [3.63, 3.8) is 0 Å². The molecule has 0 aliphatic heterocycles. The summed E-state index contributed by atoms with van der Waals surface area (Å²) >= 11 is 0. The fourth-order valence-electron chi connectivity index (χ4n) is 11.2. The first-order valence-electron chi connectivity index (χ1n) is 23.3. The number of hydrogen-bond acceptors (Lipinski definition) is 1. The van der Waals surface area contributed by atoms with Gasteiger partial charge in [-0.05, 0) is 144 Å². The van der Waals surface area contributed by atoms with Gasteiger partial charge in [0, 0.05) is 38.9 Å². The highest BCUT2D eigenvalue weighted by molar-refractivity contribution is 6.21. The van der Waals surface area contributed by atoms with E-state index in [9.17, 15) is 0 Å². The second kappa shape index (κ2) is 15.3. The Kier molecular flexibility index (Phi) is 8.91. The third-order valence-corrected chi connectivity index (χ3v) is 14.4. The summed E-state index contributed by atoms with van der Waals surface area (Å²) in [5.41, 5.74) is 19.6. The first-order valence-corrected chi connectivity index (χ1v) is 23.3. The molecular formula is C65H46N2. The van der Waals surface area contributed by atoms with Crippen LogP contribution in [0.1, 0.15) is 25.0 Å². The van der Waals surface area contributed by atoms with Crippen LogP contribution in [0.25, 0.3) is 93.5 Å². The average Bonchev–Trinajstić information content (AvgIpc) is 3.84. The monoisotopic (exact) mass is 854 g/mol. The SMILES string of the molecule is CC1(C)c2ccccc2-c2ccc(N(c3ccccc3)c3ccc(-c4ccc5c(c4)c4ccccc4n5-c4ccc(-c5c6ccccc6c(-c6ccccc6)c6ccccc56)cc4)cc3)cc21. The molecule has 0 atom stereocenters. The van der Waals surface area contributed by atoms with Crippen LogP contribution < -0.4 is 4.90 Å². The van der Waals surface area contributed by atoms with Gasteiger partial charge in [-0.2, -0.15) is 0 Å². The number of benzene rings is 11. The Hall–Kier alpha value is -8.46. The first kappa shape index (κ1) is 39.0. The van der Waals surface area contributed by atoms with Gasteiger partial charge in [0.1, 0.15) is 0 Å². The molecule has 0 unspecified atom stereocenters. The molecule has 67 heavy (non-hydrogen) atoms. The van der Waals surface area contributed by atoms with Gasteiger partial charge in [0.15, 0.2) is 0 Å². The van der Waals surface area contributed by atoms with E-state index < -0.39 is 0 Å². The van der Waals surface area contributed by atoms with Crippen LogP contribution in [-0.2, 0) is 5.41 Å². The summed E-state index contributed by atoms with van der Waals surface area (Å²) in [7, 11) is 0. The standard InChI is InChI=1S/C65H46N2/c1-65(2)59-27-15-13-21-51(59)52-39-38-50(42-60(52)65)66(47-19-7-4-8-20-47)48-34-29-43(30-35-48)46-33-40-62-58(41-46)53-22-14-16-28-61(53)67(62)49-36-31-45(32-37-49)64-56-25-11-9-23-54(56)63(44-17-5-3-6-18-44)55-24-10-12-26-57(55)64/h3-42H,1-2H3. The van der Waals surface area contributed by atoms with Gasteiger partial charge in [-0.15, -0.1) is 0 Å². The van der Waals surface area contributed by atoms with Gasteiger partial charge in [-0.1, -0.05) is 190 Å². The van der Waals surface area contributed by atoms with Crippen molar-refractivity contribution in [3.05, 3.63) is 254 Å². The van der Waals surface area contributed by atoms with Gasteiger partial charge in [-0.25, -0.2) is 0 Å². The summed E-state index contributed by atoms with van der Waals surface area (Å²) in [4.78, 5) is 2.38. The average molecular weight is 855 g/mol. The fraction of sp³-hybridized carbons (Fsp3) is 0.0462. The summed E-state index contributed by atoms with van der Waals surface area (Å²) in [6.07, 6.45) is 0. The number of para-hydroxylation sites is 2. The molecule has 12 aromatic rings. The van der Waals surface area contributed by atoms with Crippen molar-refractivity contribution in [2.45, 2.75) is 19.3 Å². The molecule has 0 N–H and O–H groups in total. The van der Waals surface area contributed by atoms with Crippen molar-refractivity contribution in [3.8, 4) is 50.2 Å². The Morgan fingerprint density at radius 2 is 0.791 bits per heavy atom. The van der Waals surface area contributed by atoms with Gasteiger partial charge in [0.2, 0.25) is 0 Å². The van der Waals surface area contributed by atoms with E-state index in [0.717, 1.165) is 22.7 Å². The van der Waals surface area contributed by atoms with Crippen molar-refractivity contribution in [1.29, 1.82) is 0 Å². The maximum atomic E-state index is 2.42. The number of aromatic nitrogens is 1.